The van der Waals surface area contributed by atoms with E-state index < -0.39 is 0 Å². The number of hydrogen-bond acceptors (Lipinski definition) is 3. The number of nitrogens with one attached hydrogen (secondary N) is 1. The summed E-state index contributed by atoms with van der Waals surface area (Å²) in [6.45, 7) is 0.847. The van der Waals surface area contributed by atoms with Gasteiger partial charge in [0.25, 0.3) is 0 Å². The zero-order valence-electron chi connectivity index (χ0n) is 11.4. The summed E-state index contributed by atoms with van der Waals surface area (Å²) in [5.74, 6) is -0.190. The maximum absolute atomic E-state index is 11.7. The molecule has 0 aliphatic heterocycles. The van der Waals surface area contributed by atoms with Crippen LogP contribution < -0.4 is 5.32 Å². The number of esters is 1. The average molecular weight is 328 g/mol. The standard InChI is InChI=1S/C15H22BrNO2/c1-19-15(18)14(17-11-7-3-6-10-16)12-13-8-4-2-5-9-13/h2,4-5,8-9,14,17H,3,6-7,10-12H2,1H3/t14-/m0/s1. The van der Waals surface area contributed by atoms with Gasteiger partial charge in [-0.25, -0.2) is 0 Å². The van der Waals surface area contributed by atoms with Crippen LogP contribution in [0.25, 0.3) is 0 Å². The Hall–Kier alpha value is -0.870. The molecular weight excluding hydrogens is 306 g/mol. The van der Waals surface area contributed by atoms with E-state index in [1.54, 1.807) is 0 Å². The molecule has 0 saturated heterocycles. The van der Waals surface area contributed by atoms with Crippen molar-refractivity contribution in [1.82, 2.24) is 5.32 Å². The van der Waals surface area contributed by atoms with E-state index in [2.05, 4.69) is 21.2 Å². The summed E-state index contributed by atoms with van der Waals surface area (Å²) >= 11 is 3.41. The molecule has 1 N–H and O–H groups in total. The van der Waals surface area contributed by atoms with Gasteiger partial charge in [0, 0.05) is 5.33 Å². The van der Waals surface area contributed by atoms with Crippen LogP contribution in [0.4, 0.5) is 0 Å². The lowest BCUT2D eigenvalue weighted by Gasteiger charge is -2.16. The Morgan fingerprint density at radius 1 is 1.26 bits per heavy atom. The van der Waals surface area contributed by atoms with Crippen molar-refractivity contribution in [1.29, 1.82) is 0 Å². The molecule has 0 fully saturated rings. The molecule has 19 heavy (non-hydrogen) atoms. The number of benzene rings is 1. The summed E-state index contributed by atoms with van der Waals surface area (Å²) in [5, 5.41) is 4.33. The van der Waals surface area contributed by atoms with Crippen LogP contribution in [-0.4, -0.2) is 31.0 Å². The molecule has 0 bridgehead atoms. The molecule has 1 aromatic rings. The zero-order valence-corrected chi connectivity index (χ0v) is 13.0. The molecule has 0 aliphatic carbocycles. The summed E-state index contributed by atoms with van der Waals surface area (Å²) in [6.07, 6.45) is 4.08. The lowest BCUT2D eigenvalue weighted by atomic mass is 10.1. The van der Waals surface area contributed by atoms with Crippen molar-refractivity contribution in [2.24, 2.45) is 0 Å². The molecule has 0 unspecified atom stereocenters. The van der Waals surface area contributed by atoms with Gasteiger partial charge in [0.1, 0.15) is 6.04 Å². The summed E-state index contributed by atoms with van der Waals surface area (Å²) in [7, 11) is 1.44. The van der Waals surface area contributed by atoms with Gasteiger partial charge < -0.3 is 10.1 Å². The first kappa shape index (κ1) is 16.2. The molecule has 0 saturated carbocycles. The molecule has 3 nitrogen and oxygen atoms in total. The monoisotopic (exact) mass is 327 g/mol. The Labute approximate surface area is 123 Å². The third-order valence-electron chi connectivity index (χ3n) is 2.97. The van der Waals surface area contributed by atoms with Crippen molar-refractivity contribution < 1.29 is 9.53 Å². The topological polar surface area (TPSA) is 38.3 Å². The highest BCUT2D eigenvalue weighted by atomic mass is 79.9. The maximum atomic E-state index is 11.7. The first-order valence-corrected chi connectivity index (χ1v) is 7.81. The first-order valence-electron chi connectivity index (χ1n) is 6.69. The molecule has 0 heterocycles. The first-order chi connectivity index (χ1) is 9.27. The number of methoxy groups -OCH3 is 1. The fourth-order valence-corrected chi connectivity index (χ4v) is 2.30. The van der Waals surface area contributed by atoms with Crippen molar-refractivity contribution in [2.45, 2.75) is 31.7 Å². The number of carbonyl (C=O) groups is 1. The fraction of sp³-hybridized carbons (Fsp3) is 0.533. The number of alkyl halides is 1. The van der Waals surface area contributed by atoms with E-state index in [1.165, 1.54) is 13.5 Å². The van der Waals surface area contributed by atoms with Crippen LogP contribution >= 0.6 is 15.9 Å². The molecule has 106 valence electrons. The van der Waals surface area contributed by atoms with Gasteiger partial charge in [0.15, 0.2) is 0 Å². The lowest BCUT2D eigenvalue weighted by Crippen LogP contribution is -2.40. The second-order valence-corrected chi connectivity index (χ2v) is 5.26. The molecule has 0 amide bonds. The van der Waals surface area contributed by atoms with E-state index in [4.69, 9.17) is 4.74 Å². The van der Waals surface area contributed by atoms with Gasteiger partial charge in [0.05, 0.1) is 7.11 Å². The van der Waals surface area contributed by atoms with Crippen LogP contribution in [0.5, 0.6) is 0 Å². The summed E-state index contributed by atoms with van der Waals surface area (Å²) < 4.78 is 4.85. The zero-order chi connectivity index (χ0) is 13.9. The summed E-state index contributed by atoms with van der Waals surface area (Å²) in [5.41, 5.74) is 1.14. The Kier molecular flexibility index (Phi) is 8.50. The minimum atomic E-state index is -0.253. The Morgan fingerprint density at radius 2 is 2.00 bits per heavy atom. The molecule has 0 radical (unpaired) electrons. The van der Waals surface area contributed by atoms with Gasteiger partial charge in [-0.15, -0.1) is 0 Å². The third kappa shape index (κ3) is 6.73. The number of ether oxygens (including phenoxy) is 1. The van der Waals surface area contributed by atoms with Crippen molar-refractivity contribution >= 4 is 21.9 Å². The van der Waals surface area contributed by atoms with E-state index in [0.29, 0.717) is 6.42 Å². The van der Waals surface area contributed by atoms with Crippen molar-refractivity contribution in [3.05, 3.63) is 35.9 Å². The highest BCUT2D eigenvalue weighted by molar-refractivity contribution is 9.09. The second-order valence-electron chi connectivity index (χ2n) is 4.47. The minimum Gasteiger partial charge on any atom is -0.468 e. The Morgan fingerprint density at radius 3 is 2.63 bits per heavy atom. The van der Waals surface area contributed by atoms with E-state index in [9.17, 15) is 4.79 Å². The average Bonchev–Trinajstić information content (AvgIpc) is 2.46. The summed E-state index contributed by atoms with van der Waals surface area (Å²) in [6, 6.07) is 9.76. The molecule has 0 aliphatic rings. The van der Waals surface area contributed by atoms with Crippen LogP contribution in [-0.2, 0) is 16.0 Å². The molecule has 1 atom stereocenters. The molecule has 0 spiro atoms. The van der Waals surface area contributed by atoms with E-state index in [-0.39, 0.29) is 12.0 Å². The molecule has 1 rings (SSSR count). The number of rotatable bonds is 9. The van der Waals surface area contributed by atoms with Gasteiger partial charge in [-0.2, -0.15) is 0 Å². The molecule has 1 aromatic carbocycles. The van der Waals surface area contributed by atoms with Gasteiger partial charge >= 0.3 is 5.97 Å². The van der Waals surface area contributed by atoms with E-state index in [0.717, 1.165) is 30.3 Å². The predicted octanol–water partition coefficient (Wildman–Crippen LogP) is 2.93. The van der Waals surface area contributed by atoms with Crippen molar-refractivity contribution in [3.8, 4) is 0 Å². The highest BCUT2D eigenvalue weighted by Crippen LogP contribution is 2.05. The van der Waals surface area contributed by atoms with Gasteiger partial charge in [-0.1, -0.05) is 52.7 Å². The molecule has 0 aromatic heterocycles. The summed E-state index contributed by atoms with van der Waals surface area (Å²) in [4.78, 5) is 11.7. The number of hydrogen-bond donors (Lipinski definition) is 1. The van der Waals surface area contributed by atoms with Crippen LogP contribution in [0.3, 0.4) is 0 Å². The van der Waals surface area contributed by atoms with Gasteiger partial charge in [0.2, 0.25) is 0 Å². The van der Waals surface area contributed by atoms with E-state index >= 15 is 0 Å². The Bertz CT molecular complexity index is 356. The molecule has 4 heteroatoms. The number of carbonyl (C=O) groups excluding carboxylic acids is 1. The second kappa shape index (κ2) is 9.98. The van der Waals surface area contributed by atoms with Crippen molar-refractivity contribution in [3.63, 3.8) is 0 Å². The van der Waals surface area contributed by atoms with E-state index in [1.807, 2.05) is 30.3 Å². The van der Waals surface area contributed by atoms with Crippen LogP contribution in [0, 0.1) is 0 Å². The van der Waals surface area contributed by atoms with Crippen molar-refractivity contribution in [2.75, 3.05) is 19.0 Å². The van der Waals surface area contributed by atoms with Crippen LogP contribution in [0.1, 0.15) is 24.8 Å². The SMILES string of the molecule is COC(=O)[C@H](Cc1ccccc1)NCCCCCBr. The van der Waals surface area contributed by atoms with Crippen LogP contribution in [0.2, 0.25) is 0 Å². The molecular formula is C15H22BrNO2. The normalized spacial score (nSPS) is 12.1. The quantitative estimate of drug-likeness (QED) is 0.430. The van der Waals surface area contributed by atoms with Gasteiger partial charge in [-0.3, -0.25) is 4.79 Å². The predicted molar refractivity (Wildman–Crippen MR) is 81.6 cm³/mol. The Balaban J connectivity index is 2.41. The smallest absolute Gasteiger partial charge is 0.323 e. The largest absolute Gasteiger partial charge is 0.468 e. The number of unbranched alkanes of at least 4 members (excludes halogenated alkanes) is 2. The minimum absolute atomic E-state index is 0.190. The lowest BCUT2D eigenvalue weighted by molar-refractivity contribution is -0.143. The third-order valence-corrected chi connectivity index (χ3v) is 3.53. The number of halogens is 1. The van der Waals surface area contributed by atoms with Gasteiger partial charge in [-0.05, 0) is 31.4 Å². The van der Waals surface area contributed by atoms with Crippen LogP contribution in [0.15, 0.2) is 30.3 Å². The fourth-order valence-electron chi connectivity index (χ4n) is 1.90. The maximum Gasteiger partial charge on any atom is 0.323 e. The highest BCUT2D eigenvalue weighted by Gasteiger charge is 2.18.